The first-order chi connectivity index (χ1) is 7.11. The summed E-state index contributed by atoms with van der Waals surface area (Å²) >= 11 is 0. The van der Waals surface area contributed by atoms with Crippen LogP contribution in [0.2, 0.25) is 0 Å². The number of tetrazole rings is 1. The Bertz CT molecular complexity index is 323. The molecule has 0 aromatic carbocycles. The van der Waals surface area contributed by atoms with E-state index in [0.29, 0.717) is 6.04 Å². The van der Waals surface area contributed by atoms with Crippen molar-refractivity contribution in [1.29, 1.82) is 0 Å². The molecule has 15 heavy (non-hydrogen) atoms. The highest BCUT2D eigenvalue weighted by Crippen LogP contribution is 1.92. The third-order valence-electron chi connectivity index (χ3n) is 1.98. The fraction of sp³-hybridized carbons (Fsp3) is 0.750. The number of hydrogen-bond donors (Lipinski definition) is 2. The van der Waals surface area contributed by atoms with E-state index in [-0.39, 0.29) is 18.4 Å². The molecular formula is C8H16N6O. The topological polar surface area (TPSA) is 84.7 Å². The molecule has 0 aliphatic carbocycles. The normalized spacial score (nSPS) is 12.5. The van der Waals surface area contributed by atoms with E-state index in [1.165, 1.54) is 4.80 Å². The molecule has 0 saturated heterocycles. The Labute approximate surface area is 88.2 Å². The summed E-state index contributed by atoms with van der Waals surface area (Å²) in [6.07, 6.45) is 0.983. The van der Waals surface area contributed by atoms with Gasteiger partial charge in [0.15, 0.2) is 0 Å². The van der Waals surface area contributed by atoms with Crippen LogP contribution in [0.15, 0.2) is 0 Å². The fourth-order valence-electron chi connectivity index (χ4n) is 0.914. The smallest absolute Gasteiger partial charge is 0.270 e. The van der Waals surface area contributed by atoms with Crippen molar-refractivity contribution in [2.45, 2.75) is 26.3 Å². The number of rotatable bonds is 5. The summed E-state index contributed by atoms with van der Waals surface area (Å²) in [5.41, 5.74) is 0. The van der Waals surface area contributed by atoms with Gasteiger partial charge in [0.1, 0.15) is 0 Å². The molecule has 1 rings (SSSR count). The van der Waals surface area contributed by atoms with E-state index in [4.69, 9.17) is 0 Å². The number of carbonyl (C=O) groups is 1. The Kier molecular flexibility index (Phi) is 4.17. The molecule has 0 spiro atoms. The predicted molar refractivity (Wildman–Crippen MR) is 55.2 cm³/mol. The number of anilines is 1. The average molecular weight is 212 g/mol. The first kappa shape index (κ1) is 11.6. The molecule has 1 unspecified atom stereocenters. The molecule has 1 atom stereocenters. The van der Waals surface area contributed by atoms with Gasteiger partial charge in [-0.3, -0.25) is 10.1 Å². The Morgan fingerprint density at radius 3 is 2.87 bits per heavy atom. The van der Waals surface area contributed by atoms with Crippen molar-refractivity contribution in [1.82, 2.24) is 25.5 Å². The zero-order valence-corrected chi connectivity index (χ0v) is 9.19. The lowest BCUT2D eigenvalue weighted by molar-refractivity contribution is -0.115. The Hall–Kier alpha value is -1.50. The molecule has 0 bridgehead atoms. The van der Waals surface area contributed by atoms with Crippen LogP contribution >= 0.6 is 0 Å². The molecule has 1 aromatic rings. The van der Waals surface area contributed by atoms with Crippen LogP contribution in [-0.2, 0) is 11.8 Å². The van der Waals surface area contributed by atoms with E-state index in [2.05, 4.69) is 33.0 Å². The van der Waals surface area contributed by atoms with Crippen molar-refractivity contribution in [3.8, 4) is 0 Å². The fourth-order valence-corrected chi connectivity index (χ4v) is 0.914. The van der Waals surface area contributed by atoms with Crippen molar-refractivity contribution in [3.63, 3.8) is 0 Å². The van der Waals surface area contributed by atoms with E-state index in [0.717, 1.165) is 6.42 Å². The summed E-state index contributed by atoms with van der Waals surface area (Å²) in [6.45, 7) is 4.33. The molecule has 0 saturated carbocycles. The Morgan fingerprint density at radius 2 is 2.33 bits per heavy atom. The monoisotopic (exact) mass is 212 g/mol. The lowest BCUT2D eigenvalue weighted by Crippen LogP contribution is -2.34. The summed E-state index contributed by atoms with van der Waals surface area (Å²) in [7, 11) is 1.64. The number of aromatic nitrogens is 4. The maximum atomic E-state index is 11.4. The lowest BCUT2D eigenvalue weighted by atomic mass is 10.2. The van der Waals surface area contributed by atoms with Crippen molar-refractivity contribution in [2.24, 2.45) is 7.05 Å². The standard InChI is InChI=1S/C8H16N6O/c1-4-6(2)9-5-7(15)10-8-11-13-14(3)12-8/h6,9H,4-5H2,1-3H3,(H,10,12,15). The van der Waals surface area contributed by atoms with Crippen LogP contribution in [0.25, 0.3) is 0 Å². The molecule has 0 fully saturated rings. The second-order valence-electron chi connectivity index (χ2n) is 3.34. The van der Waals surface area contributed by atoms with Gasteiger partial charge in [-0.2, -0.15) is 4.80 Å². The van der Waals surface area contributed by atoms with E-state index < -0.39 is 0 Å². The number of hydrogen-bond acceptors (Lipinski definition) is 5. The van der Waals surface area contributed by atoms with Crippen LogP contribution in [0.1, 0.15) is 20.3 Å². The summed E-state index contributed by atoms with van der Waals surface area (Å²) < 4.78 is 0. The minimum atomic E-state index is -0.164. The lowest BCUT2D eigenvalue weighted by Gasteiger charge is -2.09. The van der Waals surface area contributed by atoms with Crippen molar-refractivity contribution in [2.75, 3.05) is 11.9 Å². The number of nitrogens with zero attached hydrogens (tertiary/aromatic N) is 4. The van der Waals surface area contributed by atoms with Gasteiger partial charge in [0.25, 0.3) is 5.95 Å². The van der Waals surface area contributed by atoms with Gasteiger partial charge in [0, 0.05) is 6.04 Å². The molecule has 7 nitrogen and oxygen atoms in total. The molecule has 1 aromatic heterocycles. The van der Waals surface area contributed by atoms with Gasteiger partial charge in [-0.1, -0.05) is 12.0 Å². The molecule has 0 aliphatic rings. The summed E-state index contributed by atoms with van der Waals surface area (Å²) in [6, 6.07) is 0.325. The van der Waals surface area contributed by atoms with Crippen LogP contribution in [0.5, 0.6) is 0 Å². The minimum Gasteiger partial charge on any atom is -0.306 e. The summed E-state index contributed by atoms with van der Waals surface area (Å²) in [4.78, 5) is 12.6. The third kappa shape index (κ3) is 4.03. The van der Waals surface area contributed by atoms with Crippen molar-refractivity contribution in [3.05, 3.63) is 0 Å². The van der Waals surface area contributed by atoms with Crippen LogP contribution in [0.4, 0.5) is 5.95 Å². The maximum absolute atomic E-state index is 11.4. The largest absolute Gasteiger partial charge is 0.306 e. The van der Waals surface area contributed by atoms with E-state index in [1.807, 2.05) is 6.92 Å². The van der Waals surface area contributed by atoms with E-state index in [1.54, 1.807) is 7.05 Å². The van der Waals surface area contributed by atoms with Gasteiger partial charge in [0.05, 0.1) is 13.6 Å². The third-order valence-corrected chi connectivity index (χ3v) is 1.98. The quantitative estimate of drug-likeness (QED) is 0.689. The Balaban J connectivity index is 2.30. The SMILES string of the molecule is CCC(C)NCC(=O)Nc1nnn(C)n1. The number of amides is 1. The van der Waals surface area contributed by atoms with Gasteiger partial charge < -0.3 is 5.32 Å². The predicted octanol–water partition coefficient (Wildman–Crippen LogP) is -0.463. The highest BCUT2D eigenvalue weighted by atomic mass is 16.2. The number of carbonyl (C=O) groups excluding carboxylic acids is 1. The molecule has 2 N–H and O–H groups in total. The van der Waals surface area contributed by atoms with Gasteiger partial charge in [-0.15, -0.1) is 5.10 Å². The second kappa shape index (κ2) is 5.40. The van der Waals surface area contributed by atoms with Gasteiger partial charge in [-0.25, -0.2) is 0 Å². The van der Waals surface area contributed by atoms with E-state index >= 15 is 0 Å². The molecule has 0 aliphatic heterocycles. The molecule has 1 amide bonds. The molecular weight excluding hydrogens is 196 g/mol. The van der Waals surface area contributed by atoms with Crippen LogP contribution in [0.3, 0.4) is 0 Å². The Morgan fingerprint density at radius 1 is 1.60 bits per heavy atom. The second-order valence-corrected chi connectivity index (χ2v) is 3.34. The zero-order valence-electron chi connectivity index (χ0n) is 9.19. The maximum Gasteiger partial charge on any atom is 0.270 e. The number of nitrogens with one attached hydrogen (secondary N) is 2. The van der Waals surface area contributed by atoms with Crippen molar-refractivity contribution < 1.29 is 4.79 Å². The highest BCUT2D eigenvalue weighted by Gasteiger charge is 2.07. The molecule has 1 heterocycles. The van der Waals surface area contributed by atoms with Gasteiger partial charge in [-0.05, 0) is 18.6 Å². The molecule has 84 valence electrons. The number of aryl methyl sites for hydroxylation is 1. The van der Waals surface area contributed by atoms with Crippen LogP contribution in [0, 0.1) is 0 Å². The summed E-state index contributed by atoms with van der Waals surface area (Å²) in [5, 5.41) is 16.7. The van der Waals surface area contributed by atoms with Crippen LogP contribution in [-0.4, -0.2) is 38.7 Å². The van der Waals surface area contributed by atoms with Crippen molar-refractivity contribution >= 4 is 11.9 Å². The molecule has 0 radical (unpaired) electrons. The van der Waals surface area contributed by atoms with E-state index in [9.17, 15) is 4.79 Å². The first-order valence-corrected chi connectivity index (χ1v) is 4.89. The average Bonchev–Trinajstić information content (AvgIpc) is 2.60. The van der Waals surface area contributed by atoms with Gasteiger partial charge in [0.2, 0.25) is 5.91 Å². The molecule has 7 heteroatoms. The summed E-state index contributed by atoms with van der Waals surface area (Å²) in [5.74, 6) is 0.0664. The zero-order chi connectivity index (χ0) is 11.3. The minimum absolute atomic E-state index is 0.164. The van der Waals surface area contributed by atoms with Crippen LogP contribution < -0.4 is 10.6 Å². The first-order valence-electron chi connectivity index (χ1n) is 4.89. The van der Waals surface area contributed by atoms with Gasteiger partial charge >= 0.3 is 0 Å². The highest BCUT2D eigenvalue weighted by molar-refractivity contribution is 5.90.